The van der Waals surface area contributed by atoms with E-state index < -0.39 is 10.0 Å². The van der Waals surface area contributed by atoms with Crippen LogP contribution in [0.5, 0.6) is 0 Å². The zero-order valence-electron chi connectivity index (χ0n) is 10.9. The molecule has 3 aromatic rings. The lowest BCUT2D eigenvalue weighted by molar-refractivity contribution is 0.589. The molecule has 0 spiro atoms. The highest BCUT2D eigenvalue weighted by molar-refractivity contribution is 9.10. The molecule has 0 saturated carbocycles. The molecule has 0 aliphatic heterocycles. The zero-order valence-corrected chi connectivity index (χ0v) is 14.1. The quantitative estimate of drug-likeness (QED) is 0.670. The number of hydrogen-bond acceptors (Lipinski definition) is 3. The molecule has 0 atom stereocenters. The molecule has 7 heteroatoms. The van der Waals surface area contributed by atoms with Crippen molar-refractivity contribution in [2.45, 2.75) is 11.8 Å². The van der Waals surface area contributed by atoms with Crippen LogP contribution >= 0.6 is 27.5 Å². The molecule has 21 heavy (non-hydrogen) atoms. The molecule has 0 aliphatic rings. The van der Waals surface area contributed by atoms with Crippen molar-refractivity contribution in [2.75, 3.05) is 0 Å². The highest BCUT2D eigenvalue weighted by Crippen LogP contribution is 2.30. The van der Waals surface area contributed by atoms with Gasteiger partial charge < -0.3 is 0 Å². The Hall–Kier alpha value is -1.37. The Balaban J connectivity index is 2.35. The van der Waals surface area contributed by atoms with Gasteiger partial charge in [0.25, 0.3) is 10.0 Å². The van der Waals surface area contributed by atoms with Gasteiger partial charge in [0.15, 0.2) is 5.65 Å². The summed E-state index contributed by atoms with van der Waals surface area (Å²) in [6, 6.07) is 11.6. The molecule has 3 rings (SSSR count). The maximum atomic E-state index is 12.8. The van der Waals surface area contributed by atoms with Crippen LogP contribution < -0.4 is 0 Å². The number of aromatic nitrogens is 2. The minimum absolute atomic E-state index is 0.110. The molecule has 0 fully saturated rings. The van der Waals surface area contributed by atoms with Gasteiger partial charge in [0, 0.05) is 9.86 Å². The lowest BCUT2D eigenvalue weighted by Gasteiger charge is -2.08. The van der Waals surface area contributed by atoms with E-state index in [9.17, 15) is 8.42 Å². The highest BCUT2D eigenvalue weighted by Gasteiger charge is 2.23. The Labute approximate surface area is 135 Å². The third-order valence-corrected chi connectivity index (χ3v) is 6.00. The summed E-state index contributed by atoms with van der Waals surface area (Å²) >= 11 is 9.52. The van der Waals surface area contributed by atoms with Gasteiger partial charge in [0.1, 0.15) is 5.15 Å². The van der Waals surface area contributed by atoms with Gasteiger partial charge in [0.05, 0.1) is 10.6 Å². The van der Waals surface area contributed by atoms with E-state index in [-0.39, 0.29) is 10.0 Å². The van der Waals surface area contributed by atoms with Gasteiger partial charge in [-0.1, -0.05) is 29.8 Å². The first kappa shape index (κ1) is 14.6. The van der Waals surface area contributed by atoms with Gasteiger partial charge in [-0.2, -0.15) is 0 Å². The molecule has 4 nitrogen and oxygen atoms in total. The Bertz CT molecular complexity index is 937. The van der Waals surface area contributed by atoms with Crippen LogP contribution in [0.3, 0.4) is 0 Å². The molecule has 0 unspecified atom stereocenters. The Morgan fingerprint density at radius 2 is 1.86 bits per heavy atom. The van der Waals surface area contributed by atoms with Gasteiger partial charge >= 0.3 is 0 Å². The predicted octanol–water partition coefficient (Wildman–Crippen LogP) is 4.00. The van der Waals surface area contributed by atoms with Crippen LogP contribution in [0, 0.1) is 6.92 Å². The van der Waals surface area contributed by atoms with E-state index >= 15 is 0 Å². The van der Waals surface area contributed by atoms with E-state index in [1.165, 1.54) is 12.1 Å². The summed E-state index contributed by atoms with van der Waals surface area (Å²) in [7, 11) is -3.78. The first-order valence-electron chi connectivity index (χ1n) is 6.06. The van der Waals surface area contributed by atoms with Gasteiger partial charge in [-0.25, -0.2) is 17.4 Å². The normalized spacial score (nSPS) is 12.0. The van der Waals surface area contributed by atoms with Crippen LogP contribution in [0.15, 0.2) is 51.8 Å². The highest BCUT2D eigenvalue weighted by atomic mass is 79.9. The monoisotopic (exact) mass is 384 g/mol. The number of aryl methyl sites for hydroxylation is 1. The SMILES string of the molecule is Cc1nc2c(cc1Br)cc(Cl)n2S(=O)(=O)c1ccccc1. The second-order valence-corrected chi connectivity index (χ2v) is 7.55. The first-order chi connectivity index (χ1) is 9.91. The molecular weight excluding hydrogens is 376 g/mol. The summed E-state index contributed by atoms with van der Waals surface area (Å²) in [4.78, 5) is 4.51. The minimum Gasteiger partial charge on any atom is -0.233 e. The van der Waals surface area contributed by atoms with Crippen LogP contribution in [0.25, 0.3) is 11.0 Å². The second kappa shape index (κ2) is 5.12. The molecule has 1 aromatic carbocycles. The molecule has 0 N–H and O–H groups in total. The molecule has 108 valence electrons. The fourth-order valence-electron chi connectivity index (χ4n) is 2.07. The Kier molecular flexibility index (Phi) is 3.55. The molecule has 0 amide bonds. The first-order valence-corrected chi connectivity index (χ1v) is 8.67. The maximum absolute atomic E-state index is 12.8. The Morgan fingerprint density at radius 3 is 2.52 bits per heavy atom. The Morgan fingerprint density at radius 1 is 1.19 bits per heavy atom. The fourth-order valence-corrected chi connectivity index (χ4v) is 4.24. The minimum atomic E-state index is -3.78. The van der Waals surface area contributed by atoms with E-state index in [0.717, 1.165) is 8.45 Å². The zero-order chi connectivity index (χ0) is 15.2. The van der Waals surface area contributed by atoms with Gasteiger partial charge in [-0.05, 0) is 47.1 Å². The number of rotatable bonds is 2. The van der Waals surface area contributed by atoms with Crippen LogP contribution in [-0.4, -0.2) is 17.4 Å². The molecule has 2 heterocycles. The second-order valence-electron chi connectivity index (χ2n) is 4.52. The van der Waals surface area contributed by atoms with Crippen molar-refractivity contribution in [1.82, 2.24) is 8.96 Å². The molecule has 0 saturated heterocycles. The average Bonchev–Trinajstić information content (AvgIpc) is 2.76. The number of hydrogen-bond donors (Lipinski definition) is 0. The van der Waals surface area contributed by atoms with E-state index in [1.54, 1.807) is 37.3 Å². The van der Waals surface area contributed by atoms with E-state index in [1.807, 2.05) is 0 Å². The van der Waals surface area contributed by atoms with Crippen molar-refractivity contribution in [2.24, 2.45) is 0 Å². The van der Waals surface area contributed by atoms with Gasteiger partial charge in [-0.3, -0.25) is 0 Å². The summed E-state index contributed by atoms with van der Waals surface area (Å²) in [6.07, 6.45) is 0. The van der Waals surface area contributed by atoms with Crippen molar-refractivity contribution in [3.05, 3.63) is 57.8 Å². The number of halogens is 2. The van der Waals surface area contributed by atoms with E-state index in [4.69, 9.17) is 11.6 Å². The molecule has 0 bridgehead atoms. The summed E-state index contributed by atoms with van der Waals surface area (Å²) in [5.41, 5.74) is 1.02. The van der Waals surface area contributed by atoms with E-state index in [0.29, 0.717) is 16.7 Å². The van der Waals surface area contributed by atoms with Crippen molar-refractivity contribution < 1.29 is 8.42 Å². The van der Waals surface area contributed by atoms with Crippen molar-refractivity contribution >= 4 is 48.6 Å². The van der Waals surface area contributed by atoms with Crippen LogP contribution in [0.1, 0.15) is 5.69 Å². The third kappa shape index (κ3) is 2.37. The van der Waals surface area contributed by atoms with Gasteiger partial charge in [-0.15, -0.1) is 0 Å². The summed E-state index contributed by atoms with van der Waals surface area (Å²) in [5, 5.41) is 0.774. The standard InChI is InChI=1S/C14H10BrClN2O2S/c1-9-12(15)7-10-8-13(16)18(14(10)17-9)21(19,20)11-5-3-2-4-6-11/h2-8H,1H3. The number of fused-ring (bicyclic) bond motifs is 1. The average molecular weight is 386 g/mol. The summed E-state index contributed by atoms with van der Waals surface area (Å²) in [6.45, 7) is 1.80. The van der Waals surface area contributed by atoms with Crippen LogP contribution in [-0.2, 0) is 10.0 Å². The lowest BCUT2D eigenvalue weighted by Crippen LogP contribution is -2.13. The predicted molar refractivity (Wildman–Crippen MR) is 86.2 cm³/mol. The fraction of sp³-hybridized carbons (Fsp3) is 0.0714. The number of nitrogens with zero attached hydrogens (tertiary/aromatic N) is 2. The largest absolute Gasteiger partial charge is 0.270 e. The smallest absolute Gasteiger partial charge is 0.233 e. The van der Waals surface area contributed by atoms with E-state index in [2.05, 4.69) is 20.9 Å². The van der Waals surface area contributed by atoms with Crippen LogP contribution in [0.4, 0.5) is 0 Å². The van der Waals surface area contributed by atoms with Crippen LogP contribution in [0.2, 0.25) is 5.15 Å². The van der Waals surface area contributed by atoms with Crippen molar-refractivity contribution in [3.63, 3.8) is 0 Å². The molecular formula is C14H10BrClN2O2S. The molecule has 0 aliphatic carbocycles. The lowest BCUT2D eigenvalue weighted by atomic mass is 10.3. The maximum Gasteiger partial charge on any atom is 0.270 e. The topological polar surface area (TPSA) is 52.0 Å². The molecule has 2 aromatic heterocycles. The molecule has 0 radical (unpaired) electrons. The summed E-state index contributed by atoms with van der Waals surface area (Å²) < 4.78 is 27.4. The number of pyridine rings is 1. The summed E-state index contributed by atoms with van der Waals surface area (Å²) in [5.74, 6) is 0. The third-order valence-electron chi connectivity index (χ3n) is 3.10. The van der Waals surface area contributed by atoms with Crippen molar-refractivity contribution in [1.29, 1.82) is 0 Å². The number of benzene rings is 1. The van der Waals surface area contributed by atoms with Crippen molar-refractivity contribution in [3.8, 4) is 0 Å². The van der Waals surface area contributed by atoms with Gasteiger partial charge in [0.2, 0.25) is 0 Å².